The molecule has 7 heteroatoms. The van der Waals surface area contributed by atoms with Gasteiger partial charge in [0.1, 0.15) is 12.4 Å². The topological polar surface area (TPSA) is 75.7 Å². The molecule has 0 aromatic heterocycles. The van der Waals surface area contributed by atoms with Gasteiger partial charge in [-0.25, -0.2) is 8.42 Å². The molecule has 0 heterocycles. The molecule has 0 aliphatic heterocycles. The van der Waals surface area contributed by atoms with E-state index in [1.165, 1.54) is 11.4 Å². The van der Waals surface area contributed by atoms with Gasteiger partial charge in [0.25, 0.3) is 5.91 Å². The molecule has 2 aromatic carbocycles. The van der Waals surface area contributed by atoms with Crippen LogP contribution in [-0.2, 0) is 15.4 Å². The van der Waals surface area contributed by atoms with Gasteiger partial charge in [0.2, 0.25) is 10.0 Å². The Balaban J connectivity index is 1.91. The Kier molecular flexibility index (Phi) is 7.30. The summed E-state index contributed by atoms with van der Waals surface area (Å²) < 4.78 is 30.9. The van der Waals surface area contributed by atoms with Crippen LogP contribution in [-0.4, -0.2) is 40.3 Å². The maximum Gasteiger partial charge on any atom is 0.251 e. The van der Waals surface area contributed by atoms with Crippen molar-refractivity contribution in [1.82, 2.24) is 5.32 Å². The van der Waals surface area contributed by atoms with Gasteiger partial charge >= 0.3 is 0 Å². The molecule has 0 unspecified atom stereocenters. The first kappa shape index (κ1) is 22.7. The maximum absolute atomic E-state index is 12.3. The predicted molar refractivity (Wildman–Crippen MR) is 117 cm³/mol. The van der Waals surface area contributed by atoms with Gasteiger partial charge in [-0.05, 0) is 48.2 Å². The van der Waals surface area contributed by atoms with E-state index in [0.717, 1.165) is 11.3 Å². The minimum atomic E-state index is -3.33. The minimum absolute atomic E-state index is 0.0179. The molecule has 158 valence electrons. The van der Waals surface area contributed by atoms with E-state index in [0.29, 0.717) is 24.4 Å². The highest BCUT2D eigenvalue weighted by atomic mass is 32.2. The molecule has 2 rings (SSSR count). The van der Waals surface area contributed by atoms with Crippen molar-refractivity contribution < 1.29 is 17.9 Å². The lowest BCUT2D eigenvalue weighted by Crippen LogP contribution is -2.29. The SMILES string of the molecule is CCS(=O)(=O)N(C)c1ccc(C(=O)NCCOc2ccccc2C(C)(C)C)cc1. The summed E-state index contributed by atoms with van der Waals surface area (Å²) in [5, 5.41) is 2.82. The van der Waals surface area contributed by atoms with Gasteiger partial charge in [-0.15, -0.1) is 0 Å². The first-order chi connectivity index (χ1) is 13.6. The number of carbonyl (C=O) groups excluding carboxylic acids is 1. The van der Waals surface area contributed by atoms with Crippen LogP contribution in [0.3, 0.4) is 0 Å². The van der Waals surface area contributed by atoms with E-state index in [1.54, 1.807) is 31.2 Å². The van der Waals surface area contributed by atoms with Crippen LogP contribution >= 0.6 is 0 Å². The highest BCUT2D eigenvalue weighted by molar-refractivity contribution is 7.92. The zero-order chi connectivity index (χ0) is 21.7. The normalized spacial score (nSPS) is 11.8. The number of carbonyl (C=O) groups is 1. The summed E-state index contributed by atoms with van der Waals surface area (Å²) in [6, 6.07) is 14.4. The molecule has 2 aromatic rings. The van der Waals surface area contributed by atoms with Crippen LogP contribution in [0, 0.1) is 0 Å². The van der Waals surface area contributed by atoms with Crippen LogP contribution < -0.4 is 14.4 Å². The second-order valence-corrected chi connectivity index (χ2v) is 10.1. The lowest BCUT2D eigenvalue weighted by atomic mass is 9.86. The number of hydrogen-bond donors (Lipinski definition) is 1. The monoisotopic (exact) mass is 418 g/mol. The average molecular weight is 419 g/mol. The number of rotatable bonds is 8. The summed E-state index contributed by atoms with van der Waals surface area (Å²) in [6.07, 6.45) is 0. The van der Waals surface area contributed by atoms with E-state index in [1.807, 2.05) is 24.3 Å². The molecular weight excluding hydrogens is 388 g/mol. The first-order valence-corrected chi connectivity index (χ1v) is 11.2. The smallest absolute Gasteiger partial charge is 0.251 e. The fraction of sp³-hybridized carbons (Fsp3) is 0.409. The van der Waals surface area contributed by atoms with Crippen LogP contribution in [0.5, 0.6) is 5.75 Å². The third-order valence-corrected chi connectivity index (χ3v) is 6.39. The van der Waals surface area contributed by atoms with Gasteiger partial charge in [0.05, 0.1) is 18.0 Å². The number of nitrogens with zero attached hydrogens (tertiary/aromatic N) is 1. The molecule has 0 spiro atoms. The van der Waals surface area contributed by atoms with E-state index in [4.69, 9.17) is 4.74 Å². The second kappa shape index (κ2) is 9.31. The molecule has 0 radical (unpaired) electrons. The fourth-order valence-electron chi connectivity index (χ4n) is 2.82. The van der Waals surface area contributed by atoms with Crippen molar-refractivity contribution in [2.75, 3.05) is 30.3 Å². The number of sulfonamides is 1. The number of hydrogen-bond acceptors (Lipinski definition) is 4. The highest BCUT2D eigenvalue weighted by Crippen LogP contribution is 2.30. The molecule has 0 aliphatic carbocycles. The van der Waals surface area contributed by atoms with Crippen LogP contribution in [0.4, 0.5) is 5.69 Å². The van der Waals surface area contributed by atoms with Crippen molar-refractivity contribution in [1.29, 1.82) is 0 Å². The van der Waals surface area contributed by atoms with Crippen LogP contribution in [0.2, 0.25) is 0 Å². The van der Waals surface area contributed by atoms with E-state index < -0.39 is 10.0 Å². The standard InChI is InChI=1S/C22H30N2O4S/c1-6-29(26,27)24(5)18-13-11-17(12-14-18)21(25)23-15-16-28-20-10-8-7-9-19(20)22(2,3)4/h7-14H,6,15-16H2,1-5H3,(H,23,25). The molecule has 0 saturated carbocycles. The first-order valence-electron chi connectivity index (χ1n) is 9.63. The van der Waals surface area contributed by atoms with Crippen LogP contribution in [0.15, 0.2) is 48.5 Å². The zero-order valence-corrected chi connectivity index (χ0v) is 18.5. The Hall–Kier alpha value is -2.54. The molecule has 0 atom stereocenters. The summed E-state index contributed by atoms with van der Waals surface area (Å²) in [7, 11) is -1.83. The number of anilines is 1. The van der Waals surface area contributed by atoms with Crippen molar-refractivity contribution >= 4 is 21.6 Å². The second-order valence-electron chi connectivity index (χ2n) is 7.77. The fourth-order valence-corrected chi connectivity index (χ4v) is 3.65. The summed E-state index contributed by atoms with van der Waals surface area (Å²) >= 11 is 0. The Morgan fingerprint density at radius 1 is 1.07 bits per heavy atom. The van der Waals surface area contributed by atoms with Crippen molar-refractivity contribution in [3.05, 3.63) is 59.7 Å². The predicted octanol–water partition coefficient (Wildman–Crippen LogP) is 3.58. The van der Waals surface area contributed by atoms with E-state index in [-0.39, 0.29) is 17.1 Å². The van der Waals surface area contributed by atoms with Gasteiger partial charge in [-0.3, -0.25) is 9.10 Å². The Morgan fingerprint density at radius 2 is 1.69 bits per heavy atom. The van der Waals surface area contributed by atoms with E-state index in [9.17, 15) is 13.2 Å². The molecule has 0 aliphatic rings. The quantitative estimate of drug-likeness (QED) is 0.665. The molecule has 0 saturated heterocycles. The summed E-state index contributed by atoms with van der Waals surface area (Å²) in [5.74, 6) is 0.605. The number of benzene rings is 2. The average Bonchev–Trinajstić information content (AvgIpc) is 2.70. The lowest BCUT2D eigenvalue weighted by molar-refractivity contribution is 0.0947. The van der Waals surface area contributed by atoms with Crippen LogP contribution in [0.25, 0.3) is 0 Å². The van der Waals surface area contributed by atoms with Gasteiger partial charge in [0, 0.05) is 12.6 Å². The van der Waals surface area contributed by atoms with Crippen molar-refractivity contribution in [2.45, 2.75) is 33.1 Å². The maximum atomic E-state index is 12.3. The number of para-hydroxylation sites is 1. The van der Waals surface area contributed by atoms with Crippen molar-refractivity contribution in [2.24, 2.45) is 0 Å². The number of ether oxygens (including phenoxy) is 1. The van der Waals surface area contributed by atoms with Gasteiger partial charge in [-0.2, -0.15) is 0 Å². The van der Waals surface area contributed by atoms with Gasteiger partial charge in [-0.1, -0.05) is 39.0 Å². The third kappa shape index (κ3) is 5.97. The Morgan fingerprint density at radius 3 is 2.28 bits per heavy atom. The summed E-state index contributed by atoms with van der Waals surface area (Å²) in [6.45, 7) is 8.70. The zero-order valence-electron chi connectivity index (χ0n) is 17.7. The van der Waals surface area contributed by atoms with E-state index in [2.05, 4.69) is 26.1 Å². The van der Waals surface area contributed by atoms with Gasteiger partial charge < -0.3 is 10.1 Å². The van der Waals surface area contributed by atoms with Crippen molar-refractivity contribution in [3.63, 3.8) is 0 Å². The van der Waals surface area contributed by atoms with Crippen molar-refractivity contribution in [3.8, 4) is 5.75 Å². The number of nitrogens with one attached hydrogen (secondary N) is 1. The third-order valence-electron chi connectivity index (χ3n) is 4.62. The molecule has 0 fully saturated rings. The molecular formula is C22H30N2O4S. The molecule has 1 amide bonds. The lowest BCUT2D eigenvalue weighted by Gasteiger charge is -2.22. The minimum Gasteiger partial charge on any atom is -0.491 e. The Labute approximate surface area is 173 Å². The highest BCUT2D eigenvalue weighted by Gasteiger charge is 2.18. The molecule has 1 N–H and O–H groups in total. The van der Waals surface area contributed by atoms with Gasteiger partial charge in [0.15, 0.2) is 0 Å². The summed E-state index contributed by atoms with van der Waals surface area (Å²) in [5.41, 5.74) is 2.07. The van der Waals surface area contributed by atoms with Crippen LogP contribution in [0.1, 0.15) is 43.6 Å². The largest absolute Gasteiger partial charge is 0.491 e. The molecule has 0 bridgehead atoms. The summed E-state index contributed by atoms with van der Waals surface area (Å²) in [4.78, 5) is 12.3. The molecule has 29 heavy (non-hydrogen) atoms. The Bertz CT molecular complexity index is 932. The number of amides is 1. The van der Waals surface area contributed by atoms with E-state index >= 15 is 0 Å². The molecule has 6 nitrogen and oxygen atoms in total.